The molecule has 166 valence electrons. The Labute approximate surface area is 192 Å². The first-order chi connectivity index (χ1) is 15.9. The molecular formula is C25H25N7O. The molecule has 1 fully saturated rings. The molecule has 8 nitrogen and oxygen atoms in total. The van der Waals surface area contributed by atoms with E-state index in [1.54, 1.807) is 23.0 Å². The topological polar surface area (TPSA) is 104 Å². The quantitative estimate of drug-likeness (QED) is 0.511. The number of benzene rings is 1. The Morgan fingerprint density at radius 3 is 2.52 bits per heavy atom. The van der Waals surface area contributed by atoms with Crippen molar-refractivity contribution in [1.82, 2.24) is 25.0 Å². The van der Waals surface area contributed by atoms with Crippen LogP contribution in [-0.2, 0) is 7.05 Å². The predicted molar refractivity (Wildman–Crippen MR) is 127 cm³/mol. The highest BCUT2D eigenvalue weighted by molar-refractivity contribution is 5.89. The van der Waals surface area contributed by atoms with Crippen LogP contribution >= 0.6 is 0 Å². The SMILES string of the molecule is C[C@@H]1C[C@H](C)CN(c2ccc(-c3ncc(-c4cc(C#N)c5nn(C)cc5c4)cc3O)nn2)C1. The summed E-state index contributed by atoms with van der Waals surface area (Å²) >= 11 is 0. The number of hydrogen-bond acceptors (Lipinski definition) is 7. The predicted octanol–water partition coefficient (Wildman–Crippen LogP) is 4.15. The van der Waals surface area contributed by atoms with Gasteiger partial charge in [-0.2, -0.15) is 10.4 Å². The van der Waals surface area contributed by atoms with Gasteiger partial charge in [-0.25, -0.2) is 4.98 Å². The van der Waals surface area contributed by atoms with Crippen molar-refractivity contribution in [3.63, 3.8) is 0 Å². The van der Waals surface area contributed by atoms with Gasteiger partial charge in [0.15, 0.2) is 5.82 Å². The fourth-order valence-electron chi connectivity index (χ4n) is 4.79. The molecule has 0 saturated carbocycles. The van der Waals surface area contributed by atoms with Crippen LogP contribution in [0.25, 0.3) is 33.4 Å². The van der Waals surface area contributed by atoms with E-state index in [1.807, 2.05) is 31.4 Å². The van der Waals surface area contributed by atoms with Crippen molar-refractivity contribution in [2.24, 2.45) is 18.9 Å². The maximum absolute atomic E-state index is 10.7. The lowest BCUT2D eigenvalue weighted by molar-refractivity contribution is 0.355. The van der Waals surface area contributed by atoms with Crippen LogP contribution < -0.4 is 4.90 Å². The molecule has 0 spiro atoms. The van der Waals surface area contributed by atoms with Gasteiger partial charge < -0.3 is 10.0 Å². The lowest BCUT2D eigenvalue weighted by atomic mass is 9.92. The molecule has 0 aliphatic carbocycles. The lowest BCUT2D eigenvalue weighted by Crippen LogP contribution is -2.39. The second-order valence-corrected chi connectivity index (χ2v) is 9.10. The summed E-state index contributed by atoms with van der Waals surface area (Å²) in [6.07, 6.45) is 4.77. The van der Waals surface area contributed by atoms with Crippen molar-refractivity contribution in [3.05, 3.63) is 48.3 Å². The van der Waals surface area contributed by atoms with E-state index >= 15 is 0 Å². The van der Waals surface area contributed by atoms with Gasteiger partial charge in [0, 0.05) is 43.5 Å². The Hall–Kier alpha value is -3.99. The van der Waals surface area contributed by atoms with Crippen LogP contribution in [0.5, 0.6) is 5.75 Å². The van der Waals surface area contributed by atoms with E-state index in [0.717, 1.165) is 29.9 Å². The molecule has 1 saturated heterocycles. The van der Waals surface area contributed by atoms with Crippen LogP contribution in [-0.4, -0.2) is 43.2 Å². The Morgan fingerprint density at radius 2 is 1.85 bits per heavy atom. The summed E-state index contributed by atoms with van der Waals surface area (Å²) in [5, 5.41) is 34.2. The minimum absolute atomic E-state index is 0.0135. The van der Waals surface area contributed by atoms with E-state index in [4.69, 9.17) is 0 Å². The number of nitrogens with zero attached hydrogens (tertiary/aromatic N) is 7. The van der Waals surface area contributed by atoms with Crippen molar-refractivity contribution < 1.29 is 5.11 Å². The molecule has 1 aliphatic heterocycles. The number of anilines is 1. The number of fused-ring (bicyclic) bond motifs is 1. The lowest BCUT2D eigenvalue weighted by Gasteiger charge is -2.35. The summed E-state index contributed by atoms with van der Waals surface area (Å²) in [5.41, 5.74) is 3.53. The largest absolute Gasteiger partial charge is 0.506 e. The van der Waals surface area contributed by atoms with Crippen LogP contribution in [0.15, 0.2) is 42.7 Å². The van der Waals surface area contributed by atoms with Crippen LogP contribution in [0, 0.1) is 23.2 Å². The van der Waals surface area contributed by atoms with Gasteiger partial charge in [-0.1, -0.05) is 13.8 Å². The van der Waals surface area contributed by atoms with Gasteiger partial charge in [0.05, 0.1) is 5.56 Å². The van der Waals surface area contributed by atoms with E-state index in [0.29, 0.717) is 39.9 Å². The Bertz CT molecular complexity index is 1360. The average Bonchev–Trinajstić information content (AvgIpc) is 3.18. The van der Waals surface area contributed by atoms with E-state index < -0.39 is 0 Å². The van der Waals surface area contributed by atoms with Crippen molar-refractivity contribution in [3.8, 4) is 34.3 Å². The van der Waals surface area contributed by atoms with Gasteiger partial charge in [-0.3, -0.25) is 4.68 Å². The summed E-state index contributed by atoms with van der Waals surface area (Å²) < 4.78 is 1.68. The Kier molecular flexibility index (Phi) is 5.17. The van der Waals surface area contributed by atoms with Crippen molar-refractivity contribution in [2.45, 2.75) is 20.3 Å². The normalized spacial score (nSPS) is 18.4. The summed E-state index contributed by atoms with van der Waals surface area (Å²) in [4.78, 5) is 6.73. The molecule has 0 radical (unpaired) electrons. The number of pyridine rings is 1. The first-order valence-electron chi connectivity index (χ1n) is 11.1. The zero-order valence-corrected chi connectivity index (χ0v) is 18.9. The fourth-order valence-corrected chi connectivity index (χ4v) is 4.79. The molecule has 4 heterocycles. The molecule has 1 aliphatic rings. The summed E-state index contributed by atoms with van der Waals surface area (Å²) in [6, 6.07) is 11.3. The number of rotatable bonds is 3. The highest BCUT2D eigenvalue weighted by atomic mass is 16.3. The smallest absolute Gasteiger partial charge is 0.151 e. The molecule has 1 aromatic carbocycles. The van der Waals surface area contributed by atoms with Gasteiger partial charge in [-0.05, 0) is 54.2 Å². The molecular weight excluding hydrogens is 414 g/mol. The van der Waals surface area contributed by atoms with Crippen molar-refractivity contribution in [1.29, 1.82) is 5.26 Å². The highest BCUT2D eigenvalue weighted by Gasteiger charge is 2.23. The molecule has 0 bridgehead atoms. The van der Waals surface area contributed by atoms with Crippen LogP contribution in [0.4, 0.5) is 5.82 Å². The molecule has 3 aromatic heterocycles. The minimum Gasteiger partial charge on any atom is -0.506 e. The highest BCUT2D eigenvalue weighted by Crippen LogP contribution is 2.33. The van der Waals surface area contributed by atoms with Gasteiger partial charge in [0.1, 0.15) is 28.7 Å². The zero-order valence-electron chi connectivity index (χ0n) is 18.9. The summed E-state index contributed by atoms with van der Waals surface area (Å²) in [6.45, 7) is 6.48. The number of hydrogen-bond donors (Lipinski definition) is 1. The van der Waals surface area contributed by atoms with Gasteiger partial charge >= 0.3 is 0 Å². The third kappa shape index (κ3) is 3.98. The third-order valence-corrected chi connectivity index (χ3v) is 6.13. The average molecular weight is 440 g/mol. The standard InChI is InChI=1S/C25H25N7O/c1-15-6-16(2)13-32(12-15)23-5-4-21(28-29-23)25-22(33)9-19(11-27-25)17-7-18(10-26)24-20(8-17)14-31(3)30-24/h4-5,7-9,11,14-16,33H,6,12-13H2,1-3H3/t15-,16+. The van der Waals surface area contributed by atoms with E-state index in [9.17, 15) is 10.4 Å². The van der Waals surface area contributed by atoms with Crippen molar-refractivity contribution >= 4 is 16.7 Å². The number of nitriles is 1. The summed E-state index contributed by atoms with van der Waals surface area (Å²) in [5.74, 6) is 2.11. The molecule has 1 N–H and O–H groups in total. The number of aromatic nitrogens is 5. The van der Waals surface area contributed by atoms with E-state index in [1.165, 1.54) is 6.42 Å². The molecule has 8 heteroatoms. The fraction of sp³-hybridized carbons (Fsp3) is 0.320. The monoisotopic (exact) mass is 439 g/mol. The molecule has 5 rings (SSSR count). The molecule has 33 heavy (non-hydrogen) atoms. The zero-order chi connectivity index (χ0) is 23.1. The van der Waals surface area contributed by atoms with Crippen LogP contribution in [0.3, 0.4) is 0 Å². The molecule has 0 amide bonds. The molecule has 2 atom stereocenters. The second-order valence-electron chi connectivity index (χ2n) is 9.10. The first kappa shape index (κ1) is 20.9. The number of aryl methyl sites for hydroxylation is 1. The number of piperidine rings is 1. The van der Waals surface area contributed by atoms with Gasteiger partial charge in [-0.15, -0.1) is 10.2 Å². The summed E-state index contributed by atoms with van der Waals surface area (Å²) in [7, 11) is 1.82. The number of aromatic hydroxyl groups is 1. The third-order valence-electron chi connectivity index (χ3n) is 6.13. The van der Waals surface area contributed by atoms with Gasteiger partial charge in [0.25, 0.3) is 0 Å². The molecule has 4 aromatic rings. The Morgan fingerprint density at radius 1 is 1.06 bits per heavy atom. The maximum Gasteiger partial charge on any atom is 0.151 e. The molecule has 0 unspecified atom stereocenters. The van der Waals surface area contributed by atoms with Crippen LogP contribution in [0.2, 0.25) is 0 Å². The van der Waals surface area contributed by atoms with Gasteiger partial charge in [0.2, 0.25) is 0 Å². The Balaban J connectivity index is 1.44. The van der Waals surface area contributed by atoms with Crippen molar-refractivity contribution in [2.75, 3.05) is 18.0 Å². The maximum atomic E-state index is 10.7. The minimum atomic E-state index is 0.0135. The van der Waals surface area contributed by atoms with Crippen LogP contribution in [0.1, 0.15) is 25.8 Å². The van der Waals surface area contributed by atoms with E-state index in [-0.39, 0.29) is 5.75 Å². The van der Waals surface area contributed by atoms with E-state index in [2.05, 4.69) is 45.1 Å². The second kappa shape index (κ2) is 8.17. The first-order valence-corrected chi connectivity index (χ1v) is 11.1.